The SMILES string of the molecule is CC1(CCCCS(=O)(=O)O)C(/C=C/C=C2/N(CCCCCC(=O)NCCCCCN)c3ccc(S(=O)(=O)O)cc3C2(C)CCCCS(=O)(=O)O)=[N+](CCCC2=C/C=C\C=C/C=C2)c2ccc(S(=O)(=O)O)cc21. The van der Waals surface area contributed by atoms with Gasteiger partial charge in [0.05, 0.1) is 26.7 Å². The first-order valence-electron chi connectivity index (χ1n) is 24.5. The number of fused-ring (bicyclic) bond motifs is 2. The van der Waals surface area contributed by atoms with Crippen LogP contribution in [0.2, 0.25) is 0 Å². The van der Waals surface area contributed by atoms with Crippen molar-refractivity contribution in [1.29, 1.82) is 0 Å². The van der Waals surface area contributed by atoms with Gasteiger partial charge in [0, 0.05) is 60.4 Å². The van der Waals surface area contributed by atoms with Crippen LogP contribution in [-0.2, 0) is 56.1 Å². The molecule has 3 aliphatic rings. The summed E-state index contributed by atoms with van der Waals surface area (Å²) < 4.78 is 139. The number of unbranched alkanes of at least 4 members (excludes halogenated alkanes) is 6. The lowest BCUT2D eigenvalue weighted by Crippen LogP contribution is -2.32. The summed E-state index contributed by atoms with van der Waals surface area (Å²) >= 11 is 0. The highest BCUT2D eigenvalue weighted by atomic mass is 32.2. The average molecular weight is 1080 g/mol. The molecular formula is C51H71N4O13S4+. The zero-order chi connectivity index (χ0) is 52.8. The van der Waals surface area contributed by atoms with E-state index in [1.165, 1.54) is 24.3 Å². The summed E-state index contributed by atoms with van der Waals surface area (Å²) in [5, 5.41) is 2.96. The Morgan fingerprint density at radius 2 is 1.31 bits per heavy atom. The second-order valence-corrected chi connectivity index (χ2v) is 25.0. The fourth-order valence-corrected chi connectivity index (χ4v) is 12.0. The van der Waals surface area contributed by atoms with Gasteiger partial charge in [-0.2, -0.15) is 38.2 Å². The lowest BCUT2D eigenvalue weighted by Gasteiger charge is -2.30. The van der Waals surface area contributed by atoms with Crippen LogP contribution in [-0.4, -0.2) is 106 Å². The lowest BCUT2D eigenvalue weighted by atomic mass is 9.75. The van der Waals surface area contributed by atoms with Gasteiger partial charge in [0.1, 0.15) is 6.54 Å². The third kappa shape index (κ3) is 16.5. The summed E-state index contributed by atoms with van der Waals surface area (Å²) in [5.74, 6) is -1.00. The van der Waals surface area contributed by atoms with Gasteiger partial charge in [0.25, 0.3) is 40.5 Å². The molecule has 0 radical (unpaired) electrons. The monoisotopic (exact) mass is 1080 g/mol. The van der Waals surface area contributed by atoms with E-state index in [1.54, 1.807) is 12.1 Å². The van der Waals surface area contributed by atoms with Gasteiger partial charge in [-0.25, -0.2) is 0 Å². The van der Waals surface area contributed by atoms with Crippen LogP contribution in [0.1, 0.15) is 121 Å². The van der Waals surface area contributed by atoms with Crippen LogP contribution in [0.4, 0.5) is 11.4 Å². The van der Waals surface area contributed by atoms with Gasteiger partial charge in [-0.05, 0) is 126 Å². The van der Waals surface area contributed by atoms with Crippen molar-refractivity contribution in [3.8, 4) is 0 Å². The molecule has 0 aromatic heterocycles. The zero-order valence-electron chi connectivity index (χ0n) is 41.2. The molecule has 2 heterocycles. The summed E-state index contributed by atoms with van der Waals surface area (Å²) in [5.41, 5.74) is 8.70. The normalized spacial score (nSPS) is 20.7. The molecule has 0 bridgehead atoms. The second kappa shape index (κ2) is 25.6. The van der Waals surface area contributed by atoms with Gasteiger partial charge in [0.15, 0.2) is 5.71 Å². The van der Waals surface area contributed by atoms with Gasteiger partial charge >= 0.3 is 0 Å². The van der Waals surface area contributed by atoms with Crippen molar-refractivity contribution in [1.82, 2.24) is 5.32 Å². The maximum Gasteiger partial charge on any atom is 0.294 e. The van der Waals surface area contributed by atoms with Crippen molar-refractivity contribution in [2.45, 2.75) is 131 Å². The Morgan fingerprint density at radius 1 is 0.694 bits per heavy atom. The number of nitrogens with two attached hydrogens (primary N) is 1. The summed E-state index contributed by atoms with van der Waals surface area (Å²) in [6.45, 7) is 5.92. The predicted octanol–water partition coefficient (Wildman–Crippen LogP) is 8.06. The molecule has 0 fully saturated rings. The van der Waals surface area contributed by atoms with E-state index in [4.69, 9.17) is 5.73 Å². The van der Waals surface area contributed by atoms with Gasteiger partial charge in [0.2, 0.25) is 11.6 Å². The third-order valence-corrected chi connectivity index (χ3v) is 16.9. The second-order valence-electron chi connectivity index (χ2n) is 19.0. The molecule has 0 spiro atoms. The Morgan fingerprint density at radius 3 is 1.96 bits per heavy atom. The van der Waals surface area contributed by atoms with Crippen LogP contribution in [0.25, 0.3) is 0 Å². The van der Waals surface area contributed by atoms with Crippen molar-refractivity contribution in [3.63, 3.8) is 0 Å². The van der Waals surface area contributed by atoms with Crippen LogP contribution < -0.4 is 16.0 Å². The van der Waals surface area contributed by atoms with E-state index in [0.29, 0.717) is 113 Å². The Kier molecular flexibility index (Phi) is 20.7. The summed E-state index contributed by atoms with van der Waals surface area (Å²) in [4.78, 5) is 14.1. The highest BCUT2D eigenvalue weighted by molar-refractivity contribution is 7.86. The zero-order valence-corrected chi connectivity index (χ0v) is 44.4. The van der Waals surface area contributed by atoms with Crippen LogP contribution >= 0.6 is 0 Å². The fraction of sp³-hybridized carbons (Fsp3) is 0.490. The minimum absolute atomic E-state index is 0.0428. The molecule has 396 valence electrons. The molecule has 7 N–H and O–H groups in total. The maximum atomic E-state index is 12.6. The van der Waals surface area contributed by atoms with Crippen LogP contribution in [0, 0.1) is 0 Å². The fourth-order valence-electron chi connectivity index (χ4n) is 9.86. The predicted molar refractivity (Wildman–Crippen MR) is 281 cm³/mol. The first kappa shape index (κ1) is 58.3. The van der Waals surface area contributed by atoms with Gasteiger partial charge < -0.3 is 16.0 Å². The number of benzene rings is 2. The number of carbonyl (C=O) groups excluding carboxylic acids is 1. The van der Waals surface area contributed by atoms with Crippen LogP contribution in [0.15, 0.2) is 118 Å². The van der Waals surface area contributed by atoms with E-state index in [9.17, 15) is 56.7 Å². The van der Waals surface area contributed by atoms with Crippen molar-refractivity contribution in [3.05, 3.63) is 120 Å². The smallest absolute Gasteiger partial charge is 0.294 e. The Labute approximate surface area is 426 Å². The summed E-state index contributed by atoms with van der Waals surface area (Å²) in [7, 11) is -17.8. The summed E-state index contributed by atoms with van der Waals surface area (Å²) in [6, 6.07) is 8.81. The van der Waals surface area contributed by atoms with E-state index in [1.807, 2.05) is 74.6 Å². The van der Waals surface area contributed by atoms with Gasteiger partial charge in [-0.3, -0.25) is 23.0 Å². The molecule has 5 rings (SSSR count). The Balaban J connectivity index is 1.60. The topological polar surface area (TPSA) is 279 Å². The molecule has 2 aromatic carbocycles. The first-order chi connectivity index (χ1) is 33.9. The minimum Gasteiger partial charge on any atom is -0.356 e. The molecule has 1 amide bonds. The van der Waals surface area contributed by atoms with E-state index in [-0.39, 0.29) is 28.5 Å². The molecule has 17 nitrogen and oxygen atoms in total. The number of nitrogens with one attached hydrogen (secondary N) is 1. The number of amides is 1. The lowest BCUT2D eigenvalue weighted by molar-refractivity contribution is -0.438. The van der Waals surface area contributed by atoms with Crippen molar-refractivity contribution < 1.29 is 61.3 Å². The van der Waals surface area contributed by atoms with E-state index >= 15 is 0 Å². The highest BCUT2D eigenvalue weighted by Crippen LogP contribution is 2.52. The third-order valence-electron chi connectivity index (χ3n) is 13.6. The maximum absolute atomic E-state index is 12.6. The molecule has 21 heteroatoms. The number of rotatable bonds is 29. The standard InChI is InChI=1S/C51H70N4O13S4/c1-50(30-11-16-36-69(57,58)59)43-38-41(71(63,64)65)26-28-45(43)54(34-15-6-10-25-49(56)53-33-14-7-13-32-52)47(50)23-18-24-48-51(2,31-12-17-37-70(60,61)62)44-39-42(72(66,67)68)27-29-46(44)55(48)35-19-22-40-20-8-4-3-5-9-21-40/h3-5,8-9,18,20-21,23-24,26-29,38-39H,6-7,10-17,19,22,25,30-37,52H2,1-2H3,(H4-,53,56,57,58,59,60,61,62,63,64,65,66,67,68)/p+1/b4-3-,5-3?,8-4?,9-5-,20-8?,21-9?,40-20?,40-21?. The molecule has 72 heavy (non-hydrogen) atoms. The molecule has 0 saturated heterocycles. The van der Waals surface area contributed by atoms with Crippen molar-refractivity contribution >= 4 is 63.5 Å². The molecule has 1 aliphatic carbocycles. The molecule has 2 unspecified atom stereocenters. The highest BCUT2D eigenvalue weighted by Gasteiger charge is 2.48. The number of nitrogens with zero attached hydrogens (tertiary/aromatic N) is 2. The van der Waals surface area contributed by atoms with E-state index < -0.39 is 62.8 Å². The Bertz CT molecular complexity index is 2960. The van der Waals surface area contributed by atoms with Gasteiger partial charge in [-0.15, -0.1) is 0 Å². The van der Waals surface area contributed by atoms with Crippen molar-refractivity contribution in [2.75, 3.05) is 42.6 Å². The average Bonchev–Trinajstić information content (AvgIpc) is 3.65. The summed E-state index contributed by atoms with van der Waals surface area (Å²) in [6.07, 6.45) is 27.1. The number of hydrogen-bond acceptors (Lipinski definition) is 11. The minimum atomic E-state index is -4.65. The first-order valence-corrected chi connectivity index (χ1v) is 30.6. The molecule has 2 aromatic rings. The van der Waals surface area contributed by atoms with Crippen LogP contribution in [0.5, 0.6) is 0 Å². The molecular weight excluding hydrogens is 1000 g/mol. The quantitative estimate of drug-likeness (QED) is 0.0255. The van der Waals surface area contributed by atoms with E-state index in [0.717, 1.165) is 36.2 Å². The van der Waals surface area contributed by atoms with Crippen LogP contribution in [0.3, 0.4) is 0 Å². The largest absolute Gasteiger partial charge is 0.356 e. The number of anilines is 1. The van der Waals surface area contributed by atoms with Crippen molar-refractivity contribution in [2.24, 2.45) is 5.73 Å². The number of allylic oxidation sites excluding steroid dienone is 12. The molecule has 0 saturated carbocycles. The number of hydrogen-bond donors (Lipinski definition) is 6. The number of carbonyl (C=O) groups is 1. The molecule has 2 atom stereocenters. The van der Waals surface area contributed by atoms with E-state index in [2.05, 4.69) is 14.8 Å². The van der Waals surface area contributed by atoms with Gasteiger partial charge in [-0.1, -0.05) is 74.3 Å². The molecule has 2 aliphatic heterocycles. The Hall–Kier alpha value is -4.58.